The first-order chi connectivity index (χ1) is 12.7. The number of piperazine rings is 1. The first kappa shape index (κ1) is 23.3. The summed E-state index contributed by atoms with van der Waals surface area (Å²) in [5, 5.41) is 5.68. The molecule has 0 bridgehead atoms. The smallest absolute Gasteiger partial charge is 0.194 e. The van der Waals surface area contributed by atoms with Crippen molar-refractivity contribution in [2.75, 3.05) is 58.7 Å². The zero-order chi connectivity index (χ0) is 18.2. The molecule has 8 heteroatoms. The molecule has 0 unspecified atom stereocenters. The van der Waals surface area contributed by atoms with E-state index in [1.807, 2.05) is 23.1 Å². The molecule has 0 saturated carbocycles. The van der Waals surface area contributed by atoms with E-state index in [4.69, 9.17) is 9.73 Å². The van der Waals surface area contributed by atoms with Gasteiger partial charge in [-0.1, -0.05) is 6.07 Å². The van der Waals surface area contributed by atoms with Gasteiger partial charge in [-0.15, -0.1) is 35.3 Å². The van der Waals surface area contributed by atoms with Crippen molar-refractivity contribution in [1.82, 2.24) is 15.1 Å². The molecule has 0 amide bonds. The van der Waals surface area contributed by atoms with E-state index >= 15 is 0 Å². The third-order valence-electron chi connectivity index (χ3n) is 5.32. The van der Waals surface area contributed by atoms with Crippen molar-refractivity contribution in [1.29, 1.82) is 0 Å². The Labute approximate surface area is 189 Å². The molecule has 0 radical (unpaired) electrons. The predicted octanol–water partition coefficient (Wildman–Crippen LogP) is 3.36. The highest BCUT2D eigenvalue weighted by Gasteiger charge is 2.32. The lowest BCUT2D eigenvalue weighted by molar-refractivity contribution is 0.0793. The minimum Gasteiger partial charge on any atom is -0.381 e. The molecule has 3 rings (SSSR count). The normalized spacial score (nSPS) is 21.0. The summed E-state index contributed by atoms with van der Waals surface area (Å²) in [6, 6.07) is 4.38. The summed E-state index contributed by atoms with van der Waals surface area (Å²) in [7, 11) is 0. The second-order valence-corrected chi connectivity index (χ2v) is 9.32. The SMILES string of the molecule is CCNC(=NCC1(SC)CCOCC1)N1CCN(Cc2cccs2)CC1.I. The molecule has 154 valence electrons. The van der Waals surface area contributed by atoms with Crippen molar-refractivity contribution in [3.05, 3.63) is 22.4 Å². The summed E-state index contributed by atoms with van der Waals surface area (Å²) in [5.41, 5.74) is 0. The molecule has 27 heavy (non-hydrogen) atoms. The fraction of sp³-hybridized carbons (Fsp3) is 0.737. The van der Waals surface area contributed by atoms with Crippen LogP contribution in [0, 0.1) is 0 Å². The molecule has 0 spiro atoms. The van der Waals surface area contributed by atoms with Crippen LogP contribution in [0.1, 0.15) is 24.6 Å². The Hall–Kier alpha value is -0.0300. The highest BCUT2D eigenvalue weighted by Crippen LogP contribution is 2.34. The van der Waals surface area contributed by atoms with Crippen LogP contribution >= 0.6 is 47.1 Å². The maximum atomic E-state index is 5.56. The van der Waals surface area contributed by atoms with Crippen molar-refractivity contribution < 1.29 is 4.74 Å². The van der Waals surface area contributed by atoms with E-state index < -0.39 is 0 Å². The Morgan fingerprint density at radius 2 is 2.04 bits per heavy atom. The molecule has 2 fully saturated rings. The molecule has 1 aromatic heterocycles. The Bertz CT molecular complexity index is 556. The van der Waals surface area contributed by atoms with Gasteiger partial charge in [-0.3, -0.25) is 9.89 Å². The number of ether oxygens (including phenoxy) is 1. The van der Waals surface area contributed by atoms with E-state index in [9.17, 15) is 0 Å². The first-order valence-corrected chi connectivity index (χ1v) is 11.8. The zero-order valence-corrected chi connectivity index (χ0v) is 20.4. The molecule has 3 heterocycles. The van der Waals surface area contributed by atoms with E-state index in [2.05, 4.69) is 45.8 Å². The fourth-order valence-corrected chi connectivity index (χ4v) is 5.07. The van der Waals surface area contributed by atoms with Crippen LogP contribution in [0.15, 0.2) is 22.5 Å². The van der Waals surface area contributed by atoms with E-state index in [0.29, 0.717) is 0 Å². The molecule has 2 aliphatic heterocycles. The summed E-state index contributed by atoms with van der Waals surface area (Å²) < 4.78 is 5.81. The number of halogens is 1. The van der Waals surface area contributed by atoms with Gasteiger partial charge in [0.1, 0.15) is 0 Å². The van der Waals surface area contributed by atoms with Crippen molar-refractivity contribution in [3.63, 3.8) is 0 Å². The lowest BCUT2D eigenvalue weighted by Crippen LogP contribution is -2.52. The number of rotatable bonds is 6. The van der Waals surface area contributed by atoms with Gasteiger partial charge in [0.2, 0.25) is 0 Å². The van der Waals surface area contributed by atoms with E-state index in [0.717, 1.165) is 77.8 Å². The van der Waals surface area contributed by atoms with Crippen LogP contribution in [0.25, 0.3) is 0 Å². The third-order valence-corrected chi connectivity index (χ3v) is 7.58. The van der Waals surface area contributed by atoms with E-state index in [1.165, 1.54) is 4.88 Å². The van der Waals surface area contributed by atoms with Crippen LogP contribution in [-0.2, 0) is 11.3 Å². The monoisotopic (exact) mass is 524 g/mol. The highest BCUT2D eigenvalue weighted by molar-refractivity contribution is 14.0. The minimum absolute atomic E-state index is 0. The van der Waals surface area contributed by atoms with Gasteiger partial charge < -0.3 is 15.0 Å². The number of thiophene rings is 1. The van der Waals surface area contributed by atoms with Crippen LogP contribution in [0.5, 0.6) is 0 Å². The van der Waals surface area contributed by atoms with Crippen LogP contribution in [-0.4, -0.2) is 79.2 Å². The van der Waals surface area contributed by atoms with Gasteiger partial charge in [0.25, 0.3) is 0 Å². The van der Waals surface area contributed by atoms with Gasteiger partial charge in [0.15, 0.2) is 5.96 Å². The number of guanidine groups is 1. The summed E-state index contributed by atoms with van der Waals surface area (Å²) in [6.07, 6.45) is 4.43. The molecular weight excluding hydrogens is 491 g/mol. The summed E-state index contributed by atoms with van der Waals surface area (Å²) in [4.78, 5) is 11.5. The molecule has 2 aliphatic rings. The Morgan fingerprint density at radius 3 is 2.63 bits per heavy atom. The maximum Gasteiger partial charge on any atom is 0.194 e. The maximum absolute atomic E-state index is 5.56. The van der Waals surface area contributed by atoms with Crippen LogP contribution in [0.3, 0.4) is 0 Å². The van der Waals surface area contributed by atoms with Gasteiger partial charge in [0.05, 0.1) is 6.54 Å². The fourth-order valence-electron chi connectivity index (χ4n) is 3.56. The third kappa shape index (κ3) is 6.76. The number of hydrogen-bond donors (Lipinski definition) is 1. The van der Waals surface area contributed by atoms with Gasteiger partial charge in [-0.05, 0) is 37.5 Å². The van der Waals surface area contributed by atoms with E-state index in [-0.39, 0.29) is 28.7 Å². The van der Waals surface area contributed by atoms with Gasteiger partial charge >= 0.3 is 0 Å². The summed E-state index contributed by atoms with van der Waals surface area (Å²) >= 11 is 3.82. The van der Waals surface area contributed by atoms with Gasteiger partial charge in [-0.2, -0.15) is 11.8 Å². The Morgan fingerprint density at radius 1 is 1.30 bits per heavy atom. The van der Waals surface area contributed by atoms with E-state index in [1.54, 1.807) is 0 Å². The number of aliphatic imine (C=N–C) groups is 1. The zero-order valence-electron chi connectivity index (χ0n) is 16.5. The van der Waals surface area contributed by atoms with Crippen molar-refractivity contribution in [2.45, 2.75) is 31.1 Å². The number of nitrogens with one attached hydrogen (secondary N) is 1. The van der Waals surface area contributed by atoms with Gasteiger partial charge in [-0.25, -0.2) is 0 Å². The van der Waals surface area contributed by atoms with Crippen LogP contribution < -0.4 is 5.32 Å². The van der Waals surface area contributed by atoms with Gasteiger partial charge in [0, 0.05) is 62.1 Å². The number of nitrogens with zero attached hydrogens (tertiary/aromatic N) is 3. The molecule has 1 N–H and O–H groups in total. The molecule has 2 saturated heterocycles. The molecular formula is C19H33IN4OS2. The lowest BCUT2D eigenvalue weighted by Gasteiger charge is -2.38. The Kier molecular flexibility index (Phi) is 10.2. The second kappa shape index (κ2) is 11.8. The topological polar surface area (TPSA) is 40.1 Å². The average molecular weight is 525 g/mol. The minimum atomic E-state index is 0. The van der Waals surface area contributed by atoms with Crippen LogP contribution in [0.2, 0.25) is 0 Å². The number of thioether (sulfide) groups is 1. The molecule has 5 nitrogen and oxygen atoms in total. The molecule has 0 aromatic carbocycles. The molecule has 0 aliphatic carbocycles. The molecule has 1 aromatic rings. The number of hydrogen-bond acceptors (Lipinski definition) is 5. The highest BCUT2D eigenvalue weighted by atomic mass is 127. The standard InChI is InChI=1S/C19H32N4OS2.HI/c1-3-20-18(21-16-19(25-2)6-12-24-13-7-19)23-10-8-22(9-11-23)15-17-5-4-14-26-17;/h4-5,14H,3,6-13,15-16H2,1-2H3,(H,20,21);1H. The summed E-state index contributed by atoms with van der Waals surface area (Å²) in [5.74, 6) is 1.09. The van der Waals surface area contributed by atoms with Crippen molar-refractivity contribution >= 4 is 53.0 Å². The predicted molar refractivity (Wildman–Crippen MR) is 129 cm³/mol. The average Bonchev–Trinajstić information content (AvgIpc) is 3.20. The van der Waals surface area contributed by atoms with Crippen LogP contribution in [0.4, 0.5) is 0 Å². The molecule has 0 atom stereocenters. The van der Waals surface area contributed by atoms with Crippen molar-refractivity contribution in [3.8, 4) is 0 Å². The quantitative estimate of drug-likeness (QED) is 0.351. The largest absolute Gasteiger partial charge is 0.381 e. The first-order valence-electron chi connectivity index (χ1n) is 9.65. The lowest BCUT2D eigenvalue weighted by atomic mass is 9.99. The Balaban J connectivity index is 0.00000261. The van der Waals surface area contributed by atoms with Crippen molar-refractivity contribution in [2.24, 2.45) is 4.99 Å². The summed E-state index contributed by atoms with van der Waals surface area (Å²) in [6.45, 7) is 11.1. The second-order valence-electron chi connectivity index (χ2n) is 7.01.